The first-order chi connectivity index (χ1) is 16.9. The first-order valence-corrected chi connectivity index (χ1v) is 13.6. The highest BCUT2D eigenvalue weighted by molar-refractivity contribution is 7.09. The van der Waals surface area contributed by atoms with Gasteiger partial charge in [0.25, 0.3) is 5.91 Å². The molecule has 10 heteroatoms. The number of methoxy groups -OCH3 is 1. The average molecular weight is 520 g/mol. The molecule has 4 aliphatic carbocycles. The minimum atomic E-state index is -0.658. The summed E-state index contributed by atoms with van der Waals surface area (Å²) in [4.78, 5) is 56.1. The molecule has 1 heterocycles. The van der Waals surface area contributed by atoms with E-state index in [1.165, 1.54) is 25.4 Å². The molecule has 1 aromatic heterocycles. The molecule has 4 saturated carbocycles. The van der Waals surface area contributed by atoms with Crippen LogP contribution < -0.4 is 5.32 Å². The first-order valence-electron chi connectivity index (χ1n) is 12.7. The molecule has 4 fully saturated rings. The lowest BCUT2D eigenvalue weighted by molar-refractivity contribution is -0.232. The van der Waals surface area contributed by atoms with E-state index in [0.29, 0.717) is 36.6 Å². The van der Waals surface area contributed by atoms with Gasteiger partial charge in [0.1, 0.15) is 10.7 Å². The Morgan fingerprint density at radius 3 is 2.44 bits per heavy atom. The number of hydrogen-bond acceptors (Lipinski definition) is 8. The molecule has 0 aliphatic heterocycles. The minimum absolute atomic E-state index is 0.00353. The molecule has 0 radical (unpaired) electrons. The van der Waals surface area contributed by atoms with Gasteiger partial charge in [-0.2, -0.15) is 0 Å². The van der Waals surface area contributed by atoms with Gasteiger partial charge in [0.2, 0.25) is 5.91 Å². The molecule has 0 saturated heterocycles. The number of rotatable bonds is 11. The fraction of sp³-hybridized carbons (Fsp3) is 0.731. The van der Waals surface area contributed by atoms with Gasteiger partial charge in [-0.1, -0.05) is 20.8 Å². The third-order valence-electron chi connectivity index (χ3n) is 8.49. The second-order valence-corrected chi connectivity index (χ2v) is 12.1. The highest BCUT2D eigenvalue weighted by Gasteiger charge is 2.78. The fourth-order valence-corrected chi connectivity index (χ4v) is 6.74. The van der Waals surface area contributed by atoms with Crippen molar-refractivity contribution in [1.29, 1.82) is 0 Å². The Balaban J connectivity index is 1.43. The summed E-state index contributed by atoms with van der Waals surface area (Å²) in [6, 6.07) is -0.141. The Hall–Kier alpha value is -2.49. The van der Waals surface area contributed by atoms with E-state index in [-0.39, 0.29) is 41.4 Å². The zero-order chi connectivity index (χ0) is 26.4. The number of nitrogens with zero attached hydrogens (tertiary/aromatic N) is 2. The Bertz CT molecular complexity index is 1040. The third kappa shape index (κ3) is 4.76. The van der Waals surface area contributed by atoms with Crippen LogP contribution >= 0.6 is 11.3 Å². The lowest BCUT2D eigenvalue weighted by Gasteiger charge is -2.73. The van der Waals surface area contributed by atoms with E-state index >= 15 is 0 Å². The molecule has 198 valence electrons. The zero-order valence-corrected chi connectivity index (χ0v) is 22.8. The van der Waals surface area contributed by atoms with Crippen LogP contribution in [0.1, 0.15) is 87.8 Å². The Labute approximate surface area is 216 Å². The van der Waals surface area contributed by atoms with Crippen molar-refractivity contribution in [2.45, 2.75) is 83.9 Å². The van der Waals surface area contributed by atoms with E-state index in [0.717, 1.165) is 12.8 Å². The van der Waals surface area contributed by atoms with E-state index in [9.17, 15) is 19.2 Å². The van der Waals surface area contributed by atoms with E-state index in [1.54, 1.807) is 10.3 Å². The standard InChI is InChI=1S/C26H37N3O6S/c1-14(2)19(29(5)21(31)9-17-7-8-17)10-20(35-16(4)30)23-27-18(11-36-23)22(32)28-26-12-25(13-26,15(26)3)24(33)34-6/h11,14-15,17,19-20H,7-10,12-13H2,1-6H3,(H,28,32)/t15?,19?,20-,25?,26?/m1/s1. The molecule has 1 aromatic rings. The van der Waals surface area contributed by atoms with E-state index in [1.807, 2.05) is 27.8 Å². The van der Waals surface area contributed by atoms with Crippen molar-refractivity contribution in [2.24, 2.45) is 23.2 Å². The van der Waals surface area contributed by atoms with E-state index in [4.69, 9.17) is 9.47 Å². The van der Waals surface area contributed by atoms with Crippen molar-refractivity contribution in [3.63, 3.8) is 0 Å². The molecule has 4 aliphatic rings. The van der Waals surface area contributed by atoms with Crippen LogP contribution in [-0.2, 0) is 23.9 Å². The van der Waals surface area contributed by atoms with Gasteiger partial charge in [0.15, 0.2) is 6.10 Å². The number of thiazole rings is 1. The third-order valence-corrected chi connectivity index (χ3v) is 9.43. The van der Waals surface area contributed by atoms with Gasteiger partial charge in [-0.3, -0.25) is 19.2 Å². The van der Waals surface area contributed by atoms with Crippen molar-refractivity contribution >= 4 is 35.1 Å². The van der Waals surface area contributed by atoms with Gasteiger partial charge >= 0.3 is 11.9 Å². The maximum Gasteiger partial charge on any atom is 0.312 e. The van der Waals surface area contributed by atoms with Crippen molar-refractivity contribution in [2.75, 3.05) is 14.2 Å². The summed E-state index contributed by atoms with van der Waals surface area (Å²) in [7, 11) is 3.20. The molecule has 3 atom stereocenters. The van der Waals surface area contributed by atoms with E-state index < -0.39 is 23.0 Å². The molecule has 9 nitrogen and oxygen atoms in total. The number of carbonyl (C=O) groups is 4. The number of aromatic nitrogens is 1. The van der Waals surface area contributed by atoms with Crippen molar-refractivity contribution in [1.82, 2.24) is 15.2 Å². The minimum Gasteiger partial charge on any atom is -0.469 e. The highest BCUT2D eigenvalue weighted by atomic mass is 32.1. The van der Waals surface area contributed by atoms with Crippen LogP contribution in [-0.4, -0.2) is 59.4 Å². The second kappa shape index (κ2) is 9.76. The number of hydrogen-bond donors (Lipinski definition) is 1. The molecule has 2 bridgehead atoms. The van der Waals surface area contributed by atoms with Crippen molar-refractivity contribution in [3.05, 3.63) is 16.1 Å². The highest BCUT2D eigenvalue weighted by Crippen LogP contribution is 2.71. The summed E-state index contributed by atoms with van der Waals surface area (Å²) in [5, 5.41) is 5.27. The predicted molar refractivity (Wildman–Crippen MR) is 133 cm³/mol. The van der Waals surface area contributed by atoms with Gasteiger partial charge in [0.05, 0.1) is 12.5 Å². The number of ether oxygens (including phenoxy) is 2. The summed E-state index contributed by atoms with van der Waals surface area (Å²) in [5.74, 6) is -0.215. The summed E-state index contributed by atoms with van der Waals surface area (Å²) in [6.07, 6.45) is 3.66. The van der Waals surface area contributed by atoms with Crippen LogP contribution in [0.15, 0.2) is 5.38 Å². The Morgan fingerprint density at radius 2 is 1.92 bits per heavy atom. The van der Waals surface area contributed by atoms with Gasteiger partial charge in [-0.25, -0.2) is 4.98 Å². The van der Waals surface area contributed by atoms with E-state index in [2.05, 4.69) is 10.3 Å². The molecular weight excluding hydrogens is 482 g/mol. The molecule has 0 spiro atoms. The molecule has 5 rings (SSSR count). The normalized spacial score (nSPS) is 27.8. The summed E-state index contributed by atoms with van der Waals surface area (Å²) >= 11 is 1.27. The van der Waals surface area contributed by atoms with Crippen LogP contribution in [0, 0.1) is 23.2 Å². The summed E-state index contributed by atoms with van der Waals surface area (Å²) in [6.45, 7) is 7.40. The number of esters is 2. The summed E-state index contributed by atoms with van der Waals surface area (Å²) < 4.78 is 10.6. The number of nitrogens with one attached hydrogen (secondary N) is 1. The fourth-order valence-electron chi connectivity index (χ4n) is 5.90. The lowest BCUT2D eigenvalue weighted by Crippen LogP contribution is -2.83. The monoisotopic (exact) mass is 519 g/mol. The molecule has 0 aromatic carbocycles. The first kappa shape index (κ1) is 26.6. The maximum atomic E-state index is 13.0. The molecular formula is C26H37N3O6S. The zero-order valence-electron chi connectivity index (χ0n) is 22.0. The average Bonchev–Trinajstić information content (AvgIpc) is 3.48. The molecule has 2 unspecified atom stereocenters. The number of amides is 2. The largest absolute Gasteiger partial charge is 0.469 e. The number of carbonyl (C=O) groups excluding carboxylic acids is 4. The smallest absolute Gasteiger partial charge is 0.312 e. The topological polar surface area (TPSA) is 115 Å². The van der Waals surface area contributed by atoms with Crippen LogP contribution in [0.3, 0.4) is 0 Å². The molecule has 2 amide bonds. The van der Waals surface area contributed by atoms with Gasteiger partial charge < -0.3 is 19.7 Å². The van der Waals surface area contributed by atoms with Crippen LogP contribution in [0.2, 0.25) is 0 Å². The quantitative estimate of drug-likeness (QED) is 0.445. The molecule has 36 heavy (non-hydrogen) atoms. The van der Waals surface area contributed by atoms with Crippen LogP contribution in [0.5, 0.6) is 0 Å². The van der Waals surface area contributed by atoms with Gasteiger partial charge in [-0.05, 0) is 43.4 Å². The molecule has 1 N–H and O–H groups in total. The van der Waals surface area contributed by atoms with Gasteiger partial charge in [0, 0.05) is 43.8 Å². The predicted octanol–water partition coefficient (Wildman–Crippen LogP) is 3.49. The second-order valence-electron chi connectivity index (χ2n) is 11.2. The summed E-state index contributed by atoms with van der Waals surface area (Å²) in [5.41, 5.74) is -0.627. The van der Waals surface area contributed by atoms with Crippen molar-refractivity contribution in [3.8, 4) is 0 Å². The Kier molecular flexibility index (Phi) is 7.20. The lowest BCUT2D eigenvalue weighted by atomic mass is 9.33. The maximum absolute atomic E-state index is 13.0. The van der Waals surface area contributed by atoms with Crippen LogP contribution in [0.25, 0.3) is 0 Å². The Morgan fingerprint density at radius 1 is 1.25 bits per heavy atom. The van der Waals surface area contributed by atoms with Gasteiger partial charge in [-0.15, -0.1) is 11.3 Å². The van der Waals surface area contributed by atoms with Crippen LogP contribution in [0.4, 0.5) is 0 Å². The SMILES string of the molecule is COC(=O)C12CC(NC(=O)c3csc([C@@H](CC(C(C)C)N(C)C(=O)CC4CC4)OC(C)=O)n3)(C1)C2C. The van der Waals surface area contributed by atoms with Crippen molar-refractivity contribution < 1.29 is 28.7 Å².